The van der Waals surface area contributed by atoms with Crippen LogP contribution >= 0.6 is 0 Å². The third kappa shape index (κ3) is 6.75. The molecule has 0 unspecified atom stereocenters. The third-order valence-electron chi connectivity index (χ3n) is 4.14. The predicted octanol–water partition coefficient (Wildman–Crippen LogP) is 3.91. The molecule has 2 aromatic carbocycles. The number of hydrogen-bond donors (Lipinski definition) is 1. The van der Waals surface area contributed by atoms with E-state index in [0.29, 0.717) is 29.0 Å². The number of rotatable bonds is 7. The molecule has 0 aliphatic carbocycles. The van der Waals surface area contributed by atoms with Crippen LogP contribution in [-0.4, -0.2) is 32.8 Å². The first-order valence-corrected chi connectivity index (χ1v) is 8.98. The molecule has 0 spiro atoms. The van der Waals surface area contributed by atoms with E-state index in [1.165, 1.54) is 19.8 Å². The average molecular weight is 405 g/mol. The van der Waals surface area contributed by atoms with Crippen molar-refractivity contribution in [2.45, 2.75) is 25.4 Å². The molecule has 0 aromatic heterocycles. The van der Waals surface area contributed by atoms with Crippen LogP contribution in [0.3, 0.4) is 0 Å². The number of methoxy groups -OCH3 is 2. The molecule has 29 heavy (non-hydrogen) atoms. The number of alkyl halides is 3. The maximum atomic E-state index is 12.3. The monoisotopic (exact) mass is 405 g/mol. The van der Waals surface area contributed by atoms with Crippen LogP contribution in [0, 0.1) is 11.8 Å². The molecule has 0 fully saturated rings. The summed E-state index contributed by atoms with van der Waals surface area (Å²) in [5, 5.41) is 1.84. The molecule has 4 nitrogen and oxygen atoms in total. The van der Waals surface area contributed by atoms with Gasteiger partial charge in [-0.05, 0) is 36.1 Å². The zero-order chi connectivity index (χ0) is 21.3. The lowest BCUT2D eigenvalue weighted by Gasteiger charge is -2.13. The van der Waals surface area contributed by atoms with Crippen LogP contribution in [0.15, 0.2) is 42.5 Å². The second kappa shape index (κ2) is 10.4. The Balaban J connectivity index is 2.07. The van der Waals surface area contributed by atoms with Crippen molar-refractivity contribution >= 4 is 5.91 Å². The molecular formula is C22H22F3NO3. The van der Waals surface area contributed by atoms with Crippen molar-refractivity contribution in [3.63, 3.8) is 0 Å². The lowest BCUT2D eigenvalue weighted by atomic mass is 10.1. The summed E-state index contributed by atoms with van der Waals surface area (Å²) in [6, 6.07) is 13.4. The quantitative estimate of drug-likeness (QED) is 0.711. The van der Waals surface area contributed by atoms with Crippen molar-refractivity contribution in [2.75, 3.05) is 20.8 Å². The highest BCUT2D eigenvalue weighted by atomic mass is 19.4. The highest BCUT2D eigenvalue weighted by molar-refractivity contribution is 5.81. The third-order valence-corrected chi connectivity index (χ3v) is 4.14. The molecular weight excluding hydrogens is 383 g/mol. The van der Waals surface area contributed by atoms with E-state index in [-0.39, 0.29) is 13.0 Å². The summed E-state index contributed by atoms with van der Waals surface area (Å²) in [6.45, 7) is -0.181. The average Bonchev–Trinajstić information content (AvgIpc) is 2.71. The van der Waals surface area contributed by atoms with Crippen molar-refractivity contribution in [1.82, 2.24) is 5.32 Å². The van der Waals surface area contributed by atoms with Gasteiger partial charge in [0.25, 0.3) is 0 Å². The van der Waals surface area contributed by atoms with Crippen molar-refractivity contribution in [3.05, 3.63) is 59.2 Å². The number of ether oxygens (including phenoxy) is 2. The molecule has 0 aliphatic rings. The fourth-order valence-electron chi connectivity index (χ4n) is 2.67. The first-order chi connectivity index (χ1) is 13.8. The van der Waals surface area contributed by atoms with Crippen LogP contribution < -0.4 is 14.8 Å². The Morgan fingerprint density at radius 2 is 1.72 bits per heavy atom. The van der Waals surface area contributed by atoms with Crippen LogP contribution in [0.2, 0.25) is 0 Å². The van der Waals surface area contributed by atoms with E-state index in [1.807, 2.05) is 35.6 Å². The molecule has 1 amide bonds. The number of carbonyl (C=O) groups excluding carboxylic acids is 1. The highest BCUT2D eigenvalue weighted by Gasteiger charge is 2.38. The molecule has 0 heterocycles. The standard InChI is InChI=1S/C22H22F3NO3/c1-28-19-15-18(12-13-26-21(27)22(23,24)25)20(29-2)14-17(19)11-7-6-10-16-8-4-3-5-9-16/h3-5,8-9,14-15H,6,10,12-13H2,1-2H3,(H,26,27). The molecule has 0 atom stereocenters. The van der Waals surface area contributed by atoms with E-state index in [0.717, 1.165) is 6.42 Å². The number of benzene rings is 2. The second-order valence-electron chi connectivity index (χ2n) is 6.16. The van der Waals surface area contributed by atoms with Gasteiger partial charge in [-0.2, -0.15) is 13.2 Å². The zero-order valence-electron chi connectivity index (χ0n) is 16.2. The van der Waals surface area contributed by atoms with Gasteiger partial charge in [0.1, 0.15) is 11.5 Å². The van der Waals surface area contributed by atoms with Crippen LogP contribution in [0.1, 0.15) is 23.1 Å². The molecule has 1 N–H and O–H groups in total. The minimum absolute atomic E-state index is 0.156. The Morgan fingerprint density at radius 3 is 2.34 bits per heavy atom. The van der Waals surface area contributed by atoms with Gasteiger partial charge in [0.2, 0.25) is 0 Å². The van der Waals surface area contributed by atoms with Crippen LogP contribution in [-0.2, 0) is 17.6 Å². The van der Waals surface area contributed by atoms with Crippen LogP contribution in [0.25, 0.3) is 0 Å². The molecule has 0 bridgehead atoms. The minimum atomic E-state index is -4.90. The van der Waals surface area contributed by atoms with Gasteiger partial charge >= 0.3 is 12.1 Å². The maximum absolute atomic E-state index is 12.3. The number of hydrogen-bond acceptors (Lipinski definition) is 3. The maximum Gasteiger partial charge on any atom is 0.471 e. The Hall–Kier alpha value is -3.14. The predicted molar refractivity (Wildman–Crippen MR) is 104 cm³/mol. The minimum Gasteiger partial charge on any atom is -0.496 e. The Labute approximate surface area is 168 Å². The van der Waals surface area contributed by atoms with Gasteiger partial charge in [0, 0.05) is 13.0 Å². The number of carbonyl (C=O) groups is 1. The van der Waals surface area contributed by atoms with Gasteiger partial charge in [-0.25, -0.2) is 0 Å². The summed E-state index contributed by atoms with van der Waals surface area (Å²) in [7, 11) is 2.96. The van der Waals surface area contributed by atoms with Crippen molar-refractivity contribution in [3.8, 4) is 23.3 Å². The normalized spacial score (nSPS) is 10.7. The molecule has 0 aliphatic heterocycles. The summed E-state index contributed by atoms with van der Waals surface area (Å²) in [4.78, 5) is 10.9. The summed E-state index contributed by atoms with van der Waals surface area (Å²) < 4.78 is 47.5. The van der Waals surface area contributed by atoms with E-state index < -0.39 is 12.1 Å². The Bertz CT molecular complexity index is 884. The fourth-order valence-corrected chi connectivity index (χ4v) is 2.67. The summed E-state index contributed by atoms with van der Waals surface area (Å²) in [5.41, 5.74) is 2.43. The van der Waals surface area contributed by atoms with Gasteiger partial charge < -0.3 is 14.8 Å². The van der Waals surface area contributed by atoms with Gasteiger partial charge in [-0.15, -0.1) is 0 Å². The van der Waals surface area contributed by atoms with Crippen LogP contribution in [0.5, 0.6) is 11.5 Å². The van der Waals surface area contributed by atoms with Gasteiger partial charge in [-0.3, -0.25) is 4.79 Å². The first kappa shape index (κ1) is 22.2. The van der Waals surface area contributed by atoms with E-state index in [1.54, 1.807) is 12.1 Å². The van der Waals surface area contributed by atoms with Gasteiger partial charge in [0.05, 0.1) is 19.8 Å². The lowest BCUT2D eigenvalue weighted by molar-refractivity contribution is -0.173. The topological polar surface area (TPSA) is 47.6 Å². The smallest absolute Gasteiger partial charge is 0.471 e. The summed E-state index contributed by atoms with van der Waals surface area (Å²) >= 11 is 0. The Morgan fingerprint density at radius 1 is 1.03 bits per heavy atom. The SMILES string of the molecule is COc1cc(CCNC(=O)C(F)(F)F)c(OC)cc1C#CCCc1ccccc1. The van der Waals surface area contributed by atoms with Crippen molar-refractivity contribution in [2.24, 2.45) is 0 Å². The fraction of sp³-hybridized carbons (Fsp3) is 0.318. The van der Waals surface area contributed by atoms with Crippen molar-refractivity contribution in [1.29, 1.82) is 0 Å². The summed E-state index contributed by atoms with van der Waals surface area (Å²) in [6.07, 6.45) is -3.25. The number of aryl methyl sites for hydroxylation is 1. The van der Waals surface area contributed by atoms with Crippen molar-refractivity contribution < 1.29 is 27.4 Å². The molecule has 7 heteroatoms. The number of amides is 1. The highest BCUT2D eigenvalue weighted by Crippen LogP contribution is 2.29. The molecule has 2 aromatic rings. The Kier molecular flexibility index (Phi) is 7.96. The summed E-state index contributed by atoms with van der Waals surface area (Å²) in [5.74, 6) is 5.16. The molecule has 2 rings (SSSR count). The first-order valence-electron chi connectivity index (χ1n) is 8.98. The molecule has 0 saturated heterocycles. The zero-order valence-corrected chi connectivity index (χ0v) is 16.2. The lowest BCUT2D eigenvalue weighted by Crippen LogP contribution is -2.37. The second-order valence-corrected chi connectivity index (χ2v) is 6.16. The largest absolute Gasteiger partial charge is 0.496 e. The molecule has 0 saturated carbocycles. The van der Waals surface area contributed by atoms with E-state index >= 15 is 0 Å². The van der Waals surface area contributed by atoms with Gasteiger partial charge in [-0.1, -0.05) is 42.2 Å². The molecule has 0 radical (unpaired) electrons. The van der Waals surface area contributed by atoms with E-state index in [2.05, 4.69) is 11.8 Å². The molecule has 154 valence electrons. The number of halogens is 3. The van der Waals surface area contributed by atoms with E-state index in [4.69, 9.17) is 9.47 Å². The van der Waals surface area contributed by atoms with Gasteiger partial charge in [0.15, 0.2) is 0 Å². The van der Waals surface area contributed by atoms with Crippen LogP contribution in [0.4, 0.5) is 13.2 Å². The van der Waals surface area contributed by atoms with E-state index in [9.17, 15) is 18.0 Å². The number of nitrogens with one attached hydrogen (secondary N) is 1.